The summed E-state index contributed by atoms with van der Waals surface area (Å²) in [6.45, 7) is 17.9. The molecular weight excluding hydrogens is 551 g/mol. The predicted octanol–water partition coefficient (Wildman–Crippen LogP) is 7.34. The molecule has 2 aliphatic rings. The molecule has 2 aliphatic heterocycles. The first-order valence-electron chi connectivity index (χ1n) is 15.7. The zero-order valence-corrected chi connectivity index (χ0v) is 27.0. The van der Waals surface area contributed by atoms with Crippen molar-refractivity contribution in [3.8, 4) is 0 Å². The molecular formula is C35H48F3N3O2. The first-order chi connectivity index (χ1) is 20.1. The summed E-state index contributed by atoms with van der Waals surface area (Å²) in [5, 5.41) is 0. The number of nitrogens with zero attached hydrogens (tertiary/aromatic N) is 3. The molecule has 0 bridgehead atoms. The van der Waals surface area contributed by atoms with Crippen LogP contribution in [0.1, 0.15) is 108 Å². The van der Waals surface area contributed by atoms with E-state index in [1.54, 1.807) is 24.8 Å². The van der Waals surface area contributed by atoms with Gasteiger partial charge in [0.1, 0.15) is 17.5 Å². The van der Waals surface area contributed by atoms with Gasteiger partial charge < -0.3 is 9.80 Å². The van der Waals surface area contributed by atoms with Gasteiger partial charge in [-0.1, -0.05) is 12.1 Å². The van der Waals surface area contributed by atoms with E-state index in [1.165, 1.54) is 12.1 Å². The quantitative estimate of drug-likeness (QED) is 0.349. The van der Waals surface area contributed by atoms with Gasteiger partial charge in [-0.15, -0.1) is 0 Å². The molecule has 2 amide bonds. The average Bonchev–Trinajstić information content (AvgIpc) is 2.93. The van der Waals surface area contributed by atoms with Crippen LogP contribution < -0.4 is 0 Å². The number of carbonyl (C=O) groups excluding carboxylic acids is 2. The smallest absolute Gasteiger partial charge is 0.226 e. The number of piperidine rings is 2. The molecule has 5 nitrogen and oxygen atoms in total. The first kappa shape index (κ1) is 33.0. The highest BCUT2D eigenvalue weighted by Gasteiger charge is 2.42. The standard InChI is InChI=1S/C35H48F3N3O2/c1-21(2)41(24(5)42)23(4)29-19-32(37)22(3)17-30(29)25-11-14-39(15-12-25)34(43)28-13-16-40(35(6,7)8)20-31(28)27-10-9-26(36)18-33(27)38/h9-10,17-19,21,23,25,28,31H,11-16,20H2,1-8H3/t23-,28?,31+/m1/s1. The maximum atomic E-state index is 15.1. The lowest BCUT2D eigenvalue weighted by Gasteiger charge is -2.46. The minimum atomic E-state index is -0.626. The summed E-state index contributed by atoms with van der Waals surface area (Å²) in [6.07, 6.45) is 2.04. The first-order valence-corrected chi connectivity index (χ1v) is 15.7. The van der Waals surface area contributed by atoms with Crippen LogP contribution in [0.5, 0.6) is 0 Å². The maximum absolute atomic E-state index is 15.1. The molecule has 2 fully saturated rings. The van der Waals surface area contributed by atoms with Crippen molar-refractivity contribution < 1.29 is 22.8 Å². The lowest BCUT2D eigenvalue weighted by Crippen LogP contribution is -2.53. The summed E-state index contributed by atoms with van der Waals surface area (Å²) in [7, 11) is 0. The van der Waals surface area contributed by atoms with E-state index in [0.29, 0.717) is 50.0 Å². The summed E-state index contributed by atoms with van der Waals surface area (Å²) >= 11 is 0. The zero-order valence-electron chi connectivity index (χ0n) is 27.0. The van der Waals surface area contributed by atoms with Crippen molar-refractivity contribution in [3.05, 3.63) is 70.0 Å². The fourth-order valence-corrected chi connectivity index (χ4v) is 7.29. The van der Waals surface area contributed by atoms with Crippen LogP contribution in [0.2, 0.25) is 0 Å². The second-order valence-corrected chi connectivity index (χ2v) is 13.8. The molecule has 4 rings (SSSR count). The van der Waals surface area contributed by atoms with Gasteiger partial charge in [-0.3, -0.25) is 14.5 Å². The van der Waals surface area contributed by atoms with Crippen LogP contribution in [0.25, 0.3) is 0 Å². The Balaban J connectivity index is 1.56. The van der Waals surface area contributed by atoms with Crippen LogP contribution in [-0.2, 0) is 9.59 Å². The van der Waals surface area contributed by atoms with Gasteiger partial charge in [0.15, 0.2) is 0 Å². The normalized spacial score (nSPS) is 21.3. The van der Waals surface area contributed by atoms with Crippen LogP contribution in [0.15, 0.2) is 30.3 Å². The van der Waals surface area contributed by atoms with Crippen molar-refractivity contribution in [2.45, 2.75) is 104 Å². The van der Waals surface area contributed by atoms with Crippen LogP contribution in [-0.4, -0.2) is 64.3 Å². The highest BCUT2D eigenvalue weighted by atomic mass is 19.1. The molecule has 43 heavy (non-hydrogen) atoms. The molecule has 0 aromatic heterocycles. The van der Waals surface area contributed by atoms with Gasteiger partial charge in [0, 0.05) is 56.0 Å². The highest BCUT2D eigenvalue weighted by Crippen LogP contribution is 2.40. The average molecular weight is 600 g/mol. The molecule has 1 unspecified atom stereocenters. The number of carbonyl (C=O) groups is 2. The number of likely N-dealkylation sites (tertiary alicyclic amines) is 2. The molecule has 2 heterocycles. The second-order valence-electron chi connectivity index (χ2n) is 13.8. The molecule has 0 N–H and O–H groups in total. The van der Waals surface area contributed by atoms with E-state index in [9.17, 15) is 18.4 Å². The van der Waals surface area contributed by atoms with Crippen molar-refractivity contribution in [1.82, 2.24) is 14.7 Å². The molecule has 2 aromatic rings. The number of amides is 2. The molecule has 2 saturated heterocycles. The van der Waals surface area contributed by atoms with Crippen LogP contribution in [0.4, 0.5) is 13.2 Å². The SMILES string of the molecule is CC(=O)N(C(C)C)[C@H](C)c1cc(F)c(C)cc1C1CCN(C(=O)C2CCN(C(C)(C)C)C[C@H]2c2ccc(F)cc2F)CC1. The third-order valence-corrected chi connectivity index (χ3v) is 9.64. The Labute approximate surface area is 255 Å². The third-order valence-electron chi connectivity index (χ3n) is 9.64. The van der Waals surface area contributed by atoms with Crippen LogP contribution in [0.3, 0.4) is 0 Å². The summed E-state index contributed by atoms with van der Waals surface area (Å²) in [4.78, 5) is 32.5. The van der Waals surface area contributed by atoms with Gasteiger partial charge >= 0.3 is 0 Å². The van der Waals surface area contributed by atoms with E-state index in [0.717, 1.165) is 23.7 Å². The largest absolute Gasteiger partial charge is 0.342 e. The van der Waals surface area contributed by atoms with Crippen molar-refractivity contribution in [2.75, 3.05) is 26.2 Å². The van der Waals surface area contributed by atoms with Crippen molar-refractivity contribution in [1.29, 1.82) is 0 Å². The lowest BCUT2D eigenvalue weighted by atomic mass is 9.77. The Kier molecular flexibility index (Phi) is 9.99. The summed E-state index contributed by atoms with van der Waals surface area (Å²) in [6, 6.07) is 6.85. The molecule has 2 aromatic carbocycles. The maximum Gasteiger partial charge on any atom is 0.226 e. The molecule has 3 atom stereocenters. The Morgan fingerprint density at radius 2 is 1.56 bits per heavy atom. The van der Waals surface area contributed by atoms with Crippen molar-refractivity contribution in [2.24, 2.45) is 5.92 Å². The predicted molar refractivity (Wildman–Crippen MR) is 164 cm³/mol. The van der Waals surface area contributed by atoms with E-state index in [-0.39, 0.29) is 47.1 Å². The molecule has 0 saturated carbocycles. The van der Waals surface area contributed by atoms with Gasteiger partial charge in [-0.05, 0) is 115 Å². The van der Waals surface area contributed by atoms with E-state index in [2.05, 4.69) is 25.7 Å². The molecule has 0 spiro atoms. The van der Waals surface area contributed by atoms with E-state index in [4.69, 9.17) is 0 Å². The highest BCUT2D eigenvalue weighted by molar-refractivity contribution is 5.80. The Hall–Kier alpha value is -2.87. The number of hydrogen-bond acceptors (Lipinski definition) is 3. The van der Waals surface area contributed by atoms with Crippen molar-refractivity contribution >= 4 is 11.8 Å². The van der Waals surface area contributed by atoms with Gasteiger partial charge in [0.2, 0.25) is 11.8 Å². The van der Waals surface area contributed by atoms with Gasteiger partial charge in [0.05, 0.1) is 6.04 Å². The summed E-state index contributed by atoms with van der Waals surface area (Å²) in [5.74, 6) is -2.20. The number of rotatable bonds is 6. The summed E-state index contributed by atoms with van der Waals surface area (Å²) < 4.78 is 43.7. The van der Waals surface area contributed by atoms with Gasteiger partial charge in [0.25, 0.3) is 0 Å². The third kappa shape index (κ3) is 7.11. The fourth-order valence-electron chi connectivity index (χ4n) is 7.29. The van der Waals surface area contributed by atoms with Gasteiger partial charge in [-0.2, -0.15) is 0 Å². The van der Waals surface area contributed by atoms with E-state index in [1.807, 2.05) is 31.7 Å². The van der Waals surface area contributed by atoms with Gasteiger partial charge in [-0.25, -0.2) is 13.2 Å². The topological polar surface area (TPSA) is 43.9 Å². The zero-order chi connectivity index (χ0) is 31.8. The minimum Gasteiger partial charge on any atom is -0.342 e. The lowest BCUT2D eigenvalue weighted by molar-refractivity contribution is -0.139. The molecule has 236 valence electrons. The number of benzene rings is 2. The van der Waals surface area contributed by atoms with Crippen LogP contribution in [0, 0.1) is 30.3 Å². The Morgan fingerprint density at radius 3 is 2.12 bits per heavy atom. The van der Waals surface area contributed by atoms with E-state index >= 15 is 4.39 Å². The Bertz CT molecular complexity index is 1330. The van der Waals surface area contributed by atoms with E-state index < -0.39 is 17.6 Å². The number of hydrogen-bond donors (Lipinski definition) is 0. The monoisotopic (exact) mass is 599 g/mol. The number of halogens is 3. The molecule has 8 heteroatoms. The fraction of sp³-hybridized carbons (Fsp3) is 0.600. The van der Waals surface area contributed by atoms with Crippen LogP contribution >= 0.6 is 0 Å². The summed E-state index contributed by atoms with van der Waals surface area (Å²) in [5.41, 5.74) is 2.67. The number of aryl methyl sites for hydroxylation is 1. The molecule has 0 aliphatic carbocycles. The second kappa shape index (κ2) is 13.0. The minimum absolute atomic E-state index is 0.0205. The van der Waals surface area contributed by atoms with Crippen molar-refractivity contribution in [3.63, 3.8) is 0 Å². The molecule has 0 radical (unpaired) electrons. The Morgan fingerprint density at radius 1 is 0.907 bits per heavy atom.